The van der Waals surface area contributed by atoms with Crippen LogP contribution < -0.4 is 0 Å². The molecule has 0 aliphatic heterocycles. The van der Waals surface area contributed by atoms with Gasteiger partial charge in [0.05, 0.1) is 0 Å². The summed E-state index contributed by atoms with van der Waals surface area (Å²) in [5, 5.41) is 0. The third-order valence-corrected chi connectivity index (χ3v) is 0. The van der Waals surface area contributed by atoms with Crippen LogP contribution in [0.2, 0.25) is 0 Å². The molecule has 0 radical (unpaired) electrons. The van der Waals surface area contributed by atoms with Crippen LogP contribution in [0.25, 0.3) is 0 Å². The molecule has 0 N–H and O–H groups in total. The maximum absolute atomic E-state index is 4.93. The first-order valence-corrected chi connectivity index (χ1v) is 6.74. The van der Waals surface area contributed by atoms with E-state index in [0.717, 1.165) is 0 Å². The van der Waals surface area contributed by atoms with E-state index in [0.29, 0.717) is 0 Å². The Morgan fingerprint density at radius 1 is 1.00 bits per heavy atom. The molecular weight excluding hydrogens is 279 g/mol. The molecule has 0 heterocycles. The minimum atomic E-state index is -1.59. The average molecular weight is 279 g/mol. The molecule has 0 rings (SSSR count). The van der Waals surface area contributed by atoms with E-state index in [9.17, 15) is 0 Å². The molecule has 0 bridgehead atoms. The molecule has 0 unspecified atom stereocenters. The van der Waals surface area contributed by atoms with E-state index < -0.39 is 34.9 Å². The summed E-state index contributed by atoms with van der Waals surface area (Å²) in [6, 6.07) is 0. The van der Waals surface area contributed by atoms with Gasteiger partial charge in [0.2, 0.25) is 0 Å². The van der Waals surface area contributed by atoms with Gasteiger partial charge >= 0.3 is 48.8 Å². The quantitative estimate of drug-likeness (QED) is 0.637. The second-order valence-electron chi connectivity index (χ2n) is 0.115. The van der Waals surface area contributed by atoms with E-state index in [2.05, 4.69) is 0 Å². The third kappa shape index (κ3) is 8.83. The molecule has 0 aromatic heterocycles. The van der Waals surface area contributed by atoms with Crippen molar-refractivity contribution in [1.82, 2.24) is 0 Å². The molecule has 0 aliphatic carbocycles. The summed E-state index contributed by atoms with van der Waals surface area (Å²) in [6.45, 7) is 0. The second-order valence-corrected chi connectivity index (χ2v) is 7.65. The SMILES string of the molecule is [Cl][Yb]([Cl])[Cl]. The van der Waals surface area contributed by atoms with Gasteiger partial charge in [-0.05, 0) is 0 Å². The molecule has 0 amide bonds. The van der Waals surface area contributed by atoms with Crippen molar-refractivity contribution in [3.05, 3.63) is 0 Å². The van der Waals surface area contributed by atoms with Gasteiger partial charge in [0.15, 0.2) is 0 Å². The van der Waals surface area contributed by atoms with Gasteiger partial charge in [-0.3, -0.25) is 0 Å². The first-order chi connectivity index (χ1) is 1.73. The minimum absolute atomic E-state index is 1.59. The second kappa shape index (κ2) is 3.58. The normalized spacial score (nSPS) is 11.2. The standard InChI is InChI=1S/3ClH.Yb/h3*1H;/q;;;+3/p-3. The Hall–Kier alpha value is 2.39. The molecule has 4 heteroatoms. The fourth-order valence-electron chi connectivity index (χ4n) is 0. The molecule has 0 aliphatic rings. The molecule has 0 atom stereocenters. The van der Waals surface area contributed by atoms with Crippen LogP contribution in [0.15, 0.2) is 0 Å². The Balaban J connectivity index is 2.32. The van der Waals surface area contributed by atoms with Gasteiger partial charge < -0.3 is 0 Å². The molecular formula is Cl3Yb. The fraction of sp³-hybridized carbons (Fsp3) is 0. The van der Waals surface area contributed by atoms with Crippen LogP contribution >= 0.6 is 13.9 Å². The van der Waals surface area contributed by atoms with E-state index in [-0.39, 0.29) is 0 Å². The van der Waals surface area contributed by atoms with Crippen LogP contribution in [0.1, 0.15) is 0 Å². The first kappa shape index (κ1) is 6.39. The predicted molar refractivity (Wildman–Crippen MR) is 17.6 cm³/mol. The van der Waals surface area contributed by atoms with Crippen molar-refractivity contribution in [1.29, 1.82) is 0 Å². The molecule has 0 saturated carbocycles. The summed E-state index contributed by atoms with van der Waals surface area (Å²) in [6.07, 6.45) is 0. The number of halogens is 3. The fourth-order valence-corrected chi connectivity index (χ4v) is 0. The monoisotopic (exact) mass is 279 g/mol. The Morgan fingerprint density at radius 3 is 1.00 bits per heavy atom. The van der Waals surface area contributed by atoms with Crippen molar-refractivity contribution >= 4 is 13.9 Å². The van der Waals surface area contributed by atoms with Crippen molar-refractivity contribution in [3.8, 4) is 0 Å². The Morgan fingerprint density at radius 2 is 1.00 bits per heavy atom. The summed E-state index contributed by atoms with van der Waals surface area (Å²) >= 11 is -1.59. The van der Waals surface area contributed by atoms with Crippen LogP contribution in [-0.2, 0) is 0 Å². The van der Waals surface area contributed by atoms with E-state index in [4.69, 9.17) is 13.9 Å². The van der Waals surface area contributed by atoms with E-state index >= 15 is 0 Å². The van der Waals surface area contributed by atoms with Crippen molar-refractivity contribution < 1.29 is 34.9 Å². The van der Waals surface area contributed by atoms with Crippen LogP contribution in [0.3, 0.4) is 0 Å². The Bertz CT molecular complexity index is 8.00. The zero-order chi connectivity index (χ0) is 3.58. The van der Waals surface area contributed by atoms with E-state index in [1.807, 2.05) is 0 Å². The number of hydrogen-bond acceptors (Lipinski definition) is 0. The topological polar surface area (TPSA) is 0 Å². The van der Waals surface area contributed by atoms with Crippen LogP contribution in [0.5, 0.6) is 0 Å². The zero-order valence-electron chi connectivity index (χ0n) is 1.40. The predicted octanol–water partition coefficient (Wildman–Crippen LogP) is 2.07. The van der Waals surface area contributed by atoms with Gasteiger partial charge in [-0.1, -0.05) is 0 Å². The first-order valence-electron chi connectivity index (χ1n) is 0.303. The van der Waals surface area contributed by atoms with Crippen molar-refractivity contribution in [2.75, 3.05) is 0 Å². The number of hydrogen-bond donors (Lipinski definition) is 0. The molecule has 0 aromatic rings. The van der Waals surface area contributed by atoms with E-state index in [1.165, 1.54) is 0 Å². The third-order valence-electron chi connectivity index (χ3n) is 0. The molecule has 4 heavy (non-hydrogen) atoms. The summed E-state index contributed by atoms with van der Waals surface area (Å²) < 4.78 is 14.8. The summed E-state index contributed by atoms with van der Waals surface area (Å²) in [5.74, 6) is 0. The van der Waals surface area contributed by atoms with Gasteiger partial charge in [-0.2, -0.15) is 0 Å². The molecule has 0 spiro atoms. The summed E-state index contributed by atoms with van der Waals surface area (Å²) in [4.78, 5) is 0. The van der Waals surface area contributed by atoms with Crippen molar-refractivity contribution in [3.63, 3.8) is 0 Å². The molecule has 35 valence electrons. The van der Waals surface area contributed by atoms with Crippen LogP contribution in [-0.4, -0.2) is 0 Å². The maximum atomic E-state index is 4.93. The van der Waals surface area contributed by atoms with Gasteiger partial charge in [-0.15, -0.1) is 0 Å². The van der Waals surface area contributed by atoms with E-state index in [1.54, 1.807) is 0 Å². The molecule has 0 nitrogen and oxygen atoms in total. The van der Waals surface area contributed by atoms with Crippen molar-refractivity contribution in [2.45, 2.75) is 0 Å². The zero-order valence-corrected chi connectivity index (χ0v) is 5.38. The average Bonchev–Trinajstić information content (AvgIpc) is 0.811. The van der Waals surface area contributed by atoms with Gasteiger partial charge in [0, 0.05) is 0 Å². The number of rotatable bonds is 0. The Kier molecular flexibility index (Phi) is 5.71. The van der Waals surface area contributed by atoms with Crippen LogP contribution in [0, 0.1) is 34.9 Å². The Labute approximate surface area is 47.3 Å². The van der Waals surface area contributed by atoms with Gasteiger partial charge in [-0.25, -0.2) is 0 Å². The van der Waals surface area contributed by atoms with Gasteiger partial charge in [0.1, 0.15) is 0 Å². The van der Waals surface area contributed by atoms with Gasteiger partial charge in [0.25, 0.3) is 0 Å². The summed E-state index contributed by atoms with van der Waals surface area (Å²) in [7, 11) is 0. The molecule has 0 fully saturated rings. The summed E-state index contributed by atoms with van der Waals surface area (Å²) in [5.41, 5.74) is 0. The molecule has 0 aromatic carbocycles. The molecule has 0 saturated heterocycles. The van der Waals surface area contributed by atoms with Crippen LogP contribution in [0.4, 0.5) is 0 Å². The van der Waals surface area contributed by atoms with Crippen molar-refractivity contribution in [2.24, 2.45) is 0 Å².